The van der Waals surface area contributed by atoms with E-state index < -0.39 is 6.17 Å². The molecule has 1 aliphatic heterocycles. The third kappa shape index (κ3) is 2.87. The van der Waals surface area contributed by atoms with Crippen molar-refractivity contribution in [3.8, 4) is 5.75 Å². The number of hydrogen-bond acceptors (Lipinski definition) is 4. The first-order valence-corrected chi connectivity index (χ1v) is 8.48. The van der Waals surface area contributed by atoms with Gasteiger partial charge in [-0.15, -0.1) is 0 Å². The van der Waals surface area contributed by atoms with Gasteiger partial charge >= 0.3 is 0 Å². The molecule has 0 aliphatic carbocycles. The lowest BCUT2D eigenvalue weighted by molar-refractivity contribution is -0.119. The Hall–Kier alpha value is -3.02. The quantitative estimate of drug-likeness (QED) is 0.888. The molecule has 6 nitrogen and oxygen atoms in total. The second kappa shape index (κ2) is 6.71. The molecule has 2 aromatic carbocycles. The number of carbonyl (C=O) groups excluding carboxylic acids is 2. The molecule has 0 saturated carbocycles. The molecule has 0 fully saturated rings. The molecule has 6 heteroatoms. The minimum Gasteiger partial charge on any atom is -0.507 e. The molecular formula is C20H23N3O3. The molecule has 2 amide bonds. The molecule has 0 aromatic heterocycles. The van der Waals surface area contributed by atoms with Gasteiger partial charge in [0.2, 0.25) is 5.91 Å². The Morgan fingerprint density at radius 2 is 1.81 bits per heavy atom. The topological polar surface area (TPSA) is 72.9 Å². The van der Waals surface area contributed by atoms with Gasteiger partial charge in [-0.05, 0) is 54.8 Å². The summed E-state index contributed by atoms with van der Waals surface area (Å²) >= 11 is 0. The molecule has 3 rings (SSSR count). The molecule has 2 N–H and O–H groups in total. The monoisotopic (exact) mass is 353 g/mol. The molecule has 1 aliphatic rings. The summed E-state index contributed by atoms with van der Waals surface area (Å²) in [5.41, 5.74) is 3.63. The van der Waals surface area contributed by atoms with Gasteiger partial charge in [-0.1, -0.05) is 12.1 Å². The van der Waals surface area contributed by atoms with Gasteiger partial charge in [-0.2, -0.15) is 0 Å². The molecule has 1 atom stereocenters. The number of benzene rings is 2. The van der Waals surface area contributed by atoms with E-state index >= 15 is 0 Å². The number of hydrogen-bond donors (Lipinski definition) is 2. The summed E-state index contributed by atoms with van der Waals surface area (Å²) in [6, 6.07) is 11.0. The van der Waals surface area contributed by atoms with Gasteiger partial charge in [-0.3, -0.25) is 9.59 Å². The van der Waals surface area contributed by atoms with E-state index in [-0.39, 0.29) is 24.1 Å². The Balaban J connectivity index is 2.18. The lowest BCUT2D eigenvalue weighted by Gasteiger charge is -2.44. The number of aryl methyl sites for hydroxylation is 2. The minimum atomic E-state index is -0.437. The van der Waals surface area contributed by atoms with Crippen molar-refractivity contribution in [3.63, 3.8) is 0 Å². The van der Waals surface area contributed by atoms with Crippen LogP contribution in [0.3, 0.4) is 0 Å². The van der Waals surface area contributed by atoms with Gasteiger partial charge in [0.25, 0.3) is 5.91 Å². The zero-order valence-corrected chi connectivity index (χ0v) is 15.4. The number of rotatable bonds is 3. The van der Waals surface area contributed by atoms with E-state index in [0.717, 1.165) is 22.4 Å². The van der Waals surface area contributed by atoms with Gasteiger partial charge in [0.05, 0.1) is 17.8 Å². The molecule has 0 unspecified atom stereocenters. The second-order valence-corrected chi connectivity index (χ2v) is 6.61. The number of amides is 2. The molecule has 0 spiro atoms. The SMILES string of the molecule is CNC(=O)CN1c2ccccc2C(=O)N(C)[C@@H]1c1cc(C)c(O)c(C)c1. The summed E-state index contributed by atoms with van der Waals surface area (Å²) in [6.45, 7) is 3.77. The van der Waals surface area contributed by atoms with Crippen LogP contribution in [-0.2, 0) is 4.79 Å². The van der Waals surface area contributed by atoms with E-state index in [9.17, 15) is 14.7 Å². The zero-order chi connectivity index (χ0) is 19.0. The predicted molar refractivity (Wildman–Crippen MR) is 100 cm³/mol. The Bertz CT molecular complexity index is 855. The summed E-state index contributed by atoms with van der Waals surface area (Å²) in [4.78, 5) is 28.6. The van der Waals surface area contributed by atoms with E-state index in [2.05, 4.69) is 5.32 Å². The fraction of sp³-hybridized carbons (Fsp3) is 0.300. The van der Waals surface area contributed by atoms with Gasteiger partial charge in [-0.25, -0.2) is 0 Å². The molecule has 1 heterocycles. The number of para-hydroxylation sites is 1. The summed E-state index contributed by atoms with van der Waals surface area (Å²) in [5, 5.41) is 12.7. The number of likely N-dealkylation sites (N-methyl/N-ethyl adjacent to an activating group) is 1. The highest BCUT2D eigenvalue weighted by atomic mass is 16.3. The van der Waals surface area contributed by atoms with Crippen molar-refractivity contribution < 1.29 is 14.7 Å². The van der Waals surface area contributed by atoms with Crippen LogP contribution in [0.15, 0.2) is 36.4 Å². The number of phenols is 1. The van der Waals surface area contributed by atoms with Crippen LogP contribution in [-0.4, -0.2) is 42.5 Å². The Kier molecular flexibility index (Phi) is 4.59. The van der Waals surface area contributed by atoms with Crippen LogP contribution in [0, 0.1) is 13.8 Å². The van der Waals surface area contributed by atoms with E-state index in [1.165, 1.54) is 0 Å². The van der Waals surface area contributed by atoms with Gasteiger partial charge in [0, 0.05) is 14.1 Å². The van der Waals surface area contributed by atoms with E-state index in [1.54, 1.807) is 25.1 Å². The smallest absolute Gasteiger partial charge is 0.257 e. The molecule has 26 heavy (non-hydrogen) atoms. The normalized spacial score (nSPS) is 16.5. The summed E-state index contributed by atoms with van der Waals surface area (Å²) in [6.07, 6.45) is -0.437. The molecule has 0 radical (unpaired) electrons. The maximum Gasteiger partial charge on any atom is 0.257 e. The Labute approximate surface area is 153 Å². The average Bonchev–Trinajstić information content (AvgIpc) is 2.63. The second-order valence-electron chi connectivity index (χ2n) is 6.61. The number of aromatic hydroxyl groups is 1. The van der Waals surface area contributed by atoms with Crippen molar-refractivity contribution in [2.24, 2.45) is 0 Å². The van der Waals surface area contributed by atoms with Crippen LogP contribution < -0.4 is 10.2 Å². The number of carbonyl (C=O) groups is 2. The van der Waals surface area contributed by atoms with Crippen LogP contribution in [0.5, 0.6) is 5.75 Å². The van der Waals surface area contributed by atoms with Crippen LogP contribution in [0.4, 0.5) is 5.69 Å². The molecule has 0 saturated heterocycles. The minimum absolute atomic E-state index is 0.0952. The lowest BCUT2D eigenvalue weighted by atomic mass is 9.98. The van der Waals surface area contributed by atoms with Gasteiger partial charge < -0.3 is 20.2 Å². The predicted octanol–water partition coefficient (Wildman–Crippen LogP) is 2.35. The first-order valence-electron chi connectivity index (χ1n) is 8.48. The highest BCUT2D eigenvalue weighted by molar-refractivity contribution is 6.02. The molecule has 136 valence electrons. The van der Waals surface area contributed by atoms with E-state index in [1.807, 2.05) is 49.1 Å². The zero-order valence-electron chi connectivity index (χ0n) is 15.4. The summed E-state index contributed by atoms with van der Waals surface area (Å²) < 4.78 is 0. The largest absolute Gasteiger partial charge is 0.507 e. The number of anilines is 1. The third-order valence-electron chi connectivity index (χ3n) is 4.83. The van der Waals surface area contributed by atoms with Crippen molar-refractivity contribution in [1.29, 1.82) is 0 Å². The molecule has 2 aromatic rings. The molecular weight excluding hydrogens is 330 g/mol. The van der Waals surface area contributed by atoms with Crippen LogP contribution in [0.2, 0.25) is 0 Å². The maximum absolute atomic E-state index is 12.9. The van der Waals surface area contributed by atoms with Crippen LogP contribution >= 0.6 is 0 Å². The third-order valence-corrected chi connectivity index (χ3v) is 4.83. The van der Waals surface area contributed by atoms with Crippen molar-refractivity contribution >= 4 is 17.5 Å². The van der Waals surface area contributed by atoms with Crippen LogP contribution in [0.25, 0.3) is 0 Å². The number of nitrogens with zero attached hydrogens (tertiary/aromatic N) is 2. The number of phenolic OH excluding ortho intramolecular Hbond substituents is 1. The average molecular weight is 353 g/mol. The number of fused-ring (bicyclic) bond motifs is 1. The highest BCUT2D eigenvalue weighted by Gasteiger charge is 2.37. The number of nitrogens with one attached hydrogen (secondary N) is 1. The van der Waals surface area contributed by atoms with Crippen molar-refractivity contribution in [2.75, 3.05) is 25.5 Å². The lowest BCUT2D eigenvalue weighted by Crippen LogP contribution is -2.50. The highest BCUT2D eigenvalue weighted by Crippen LogP contribution is 2.39. The first-order chi connectivity index (χ1) is 12.3. The fourth-order valence-electron chi connectivity index (χ4n) is 3.49. The van der Waals surface area contributed by atoms with Crippen LogP contribution in [0.1, 0.15) is 33.2 Å². The summed E-state index contributed by atoms with van der Waals surface area (Å²) in [5.74, 6) is 0.0127. The van der Waals surface area contributed by atoms with Crippen molar-refractivity contribution in [1.82, 2.24) is 10.2 Å². The fourth-order valence-corrected chi connectivity index (χ4v) is 3.49. The van der Waals surface area contributed by atoms with E-state index in [0.29, 0.717) is 5.56 Å². The standard InChI is InChI=1S/C20H23N3O3/c1-12-9-14(10-13(2)18(12)25)19-22(4)20(26)15-7-5-6-8-16(15)23(19)11-17(24)21-3/h5-10,19,25H,11H2,1-4H3,(H,21,24)/t19-/m0/s1. The van der Waals surface area contributed by atoms with Gasteiger partial charge in [0.1, 0.15) is 11.9 Å². The van der Waals surface area contributed by atoms with Crippen molar-refractivity contribution in [3.05, 3.63) is 58.7 Å². The molecule has 0 bridgehead atoms. The Morgan fingerprint density at radius 1 is 1.19 bits per heavy atom. The summed E-state index contributed by atoms with van der Waals surface area (Å²) in [7, 11) is 3.33. The Morgan fingerprint density at radius 3 is 2.42 bits per heavy atom. The van der Waals surface area contributed by atoms with E-state index in [4.69, 9.17) is 0 Å². The van der Waals surface area contributed by atoms with Gasteiger partial charge in [0.15, 0.2) is 0 Å². The van der Waals surface area contributed by atoms with Crippen molar-refractivity contribution in [2.45, 2.75) is 20.0 Å². The first kappa shape index (κ1) is 17.8. The maximum atomic E-state index is 12.9.